The Balaban J connectivity index is 2.48. The van der Waals surface area contributed by atoms with Crippen LogP contribution in [0.25, 0.3) is 0 Å². The van der Waals surface area contributed by atoms with Crippen LogP contribution in [0.1, 0.15) is 6.42 Å². The van der Waals surface area contributed by atoms with Gasteiger partial charge >= 0.3 is 0 Å². The van der Waals surface area contributed by atoms with Crippen molar-refractivity contribution >= 4 is 23.2 Å². The van der Waals surface area contributed by atoms with Crippen LogP contribution in [0.4, 0.5) is 4.39 Å². The predicted octanol–water partition coefficient (Wildman–Crippen LogP) is 1.71. The normalized spacial score (nSPS) is 31.2. The van der Waals surface area contributed by atoms with Crippen LogP contribution in [0.2, 0.25) is 0 Å². The van der Waals surface area contributed by atoms with Gasteiger partial charge in [-0.15, -0.1) is 0 Å². The molecule has 1 N–H and O–H groups in total. The minimum absolute atomic E-state index is 0.0348. The summed E-state index contributed by atoms with van der Waals surface area (Å²) in [6, 6.07) is -0.125. The molecule has 76 valence electrons. The summed E-state index contributed by atoms with van der Waals surface area (Å²) in [5.74, 6) is 0. The van der Waals surface area contributed by atoms with Crippen LogP contribution in [0, 0.1) is 0 Å². The quantitative estimate of drug-likeness (QED) is 0.794. The second kappa shape index (κ2) is 5.15. The molecule has 2 nitrogen and oxygen atoms in total. The van der Waals surface area contributed by atoms with Crippen LogP contribution in [0.15, 0.2) is 10.6 Å². The fourth-order valence-corrected chi connectivity index (χ4v) is 1.76. The molecule has 5 heteroatoms. The van der Waals surface area contributed by atoms with E-state index in [4.69, 9.17) is 28.3 Å². The highest BCUT2D eigenvalue weighted by molar-refractivity contribution is 6.36. The first-order chi connectivity index (χ1) is 6.17. The van der Waals surface area contributed by atoms with E-state index in [0.29, 0.717) is 24.5 Å². The van der Waals surface area contributed by atoms with Gasteiger partial charge < -0.3 is 5.11 Å². The SMILES string of the molecule is OC[C@@H]1C[C@H](F)CN1C/C(Cl)=C/Cl. The van der Waals surface area contributed by atoms with Crippen molar-refractivity contribution in [1.29, 1.82) is 0 Å². The van der Waals surface area contributed by atoms with Crippen LogP contribution >= 0.6 is 23.2 Å². The van der Waals surface area contributed by atoms with E-state index in [9.17, 15) is 4.39 Å². The number of likely N-dealkylation sites (tertiary alicyclic amines) is 1. The Bertz CT molecular complexity index is 201. The number of nitrogens with zero attached hydrogens (tertiary/aromatic N) is 1. The Morgan fingerprint density at radius 3 is 2.92 bits per heavy atom. The molecular weight excluding hydrogens is 216 g/mol. The molecule has 0 bridgehead atoms. The molecule has 0 aliphatic carbocycles. The second-order valence-electron chi connectivity index (χ2n) is 3.15. The lowest BCUT2D eigenvalue weighted by Gasteiger charge is -2.21. The van der Waals surface area contributed by atoms with Gasteiger partial charge in [0.05, 0.1) is 6.61 Å². The molecule has 2 atom stereocenters. The zero-order valence-electron chi connectivity index (χ0n) is 7.09. The van der Waals surface area contributed by atoms with Gasteiger partial charge in [-0.3, -0.25) is 4.90 Å². The number of alkyl halides is 1. The monoisotopic (exact) mass is 227 g/mol. The summed E-state index contributed by atoms with van der Waals surface area (Å²) in [5, 5.41) is 9.40. The third-order valence-corrected chi connectivity index (χ3v) is 2.76. The van der Waals surface area contributed by atoms with E-state index in [2.05, 4.69) is 0 Å². The number of aliphatic hydroxyl groups excluding tert-OH is 1. The smallest absolute Gasteiger partial charge is 0.114 e. The molecule has 1 heterocycles. The number of hydrogen-bond donors (Lipinski definition) is 1. The first-order valence-electron chi connectivity index (χ1n) is 4.11. The highest BCUT2D eigenvalue weighted by Crippen LogP contribution is 2.21. The van der Waals surface area contributed by atoms with E-state index in [1.165, 1.54) is 5.54 Å². The van der Waals surface area contributed by atoms with Crippen molar-refractivity contribution in [3.8, 4) is 0 Å². The van der Waals surface area contributed by atoms with Gasteiger partial charge in [0.25, 0.3) is 0 Å². The Labute approximate surface area is 86.9 Å². The van der Waals surface area contributed by atoms with Crippen molar-refractivity contribution in [3.05, 3.63) is 10.6 Å². The third kappa shape index (κ3) is 3.09. The molecule has 0 amide bonds. The molecule has 0 unspecified atom stereocenters. The Morgan fingerprint density at radius 1 is 1.69 bits per heavy atom. The lowest BCUT2D eigenvalue weighted by atomic mass is 10.2. The summed E-state index contributed by atoms with van der Waals surface area (Å²) in [6.07, 6.45) is -0.486. The molecule has 0 aromatic heterocycles. The fourth-order valence-electron chi connectivity index (χ4n) is 1.53. The minimum atomic E-state index is -0.864. The summed E-state index contributed by atoms with van der Waals surface area (Å²) in [4.78, 5) is 1.80. The first-order valence-corrected chi connectivity index (χ1v) is 4.92. The predicted molar refractivity (Wildman–Crippen MR) is 51.7 cm³/mol. The van der Waals surface area contributed by atoms with Gasteiger partial charge in [-0.2, -0.15) is 0 Å². The van der Waals surface area contributed by atoms with E-state index in [-0.39, 0.29) is 12.6 Å². The van der Waals surface area contributed by atoms with E-state index in [0.717, 1.165) is 0 Å². The lowest BCUT2D eigenvalue weighted by molar-refractivity contribution is 0.169. The van der Waals surface area contributed by atoms with Crippen molar-refractivity contribution in [3.63, 3.8) is 0 Å². The summed E-state index contributed by atoms with van der Waals surface area (Å²) in [6.45, 7) is 0.704. The molecule has 0 radical (unpaired) electrons. The summed E-state index contributed by atoms with van der Waals surface area (Å²) in [5.41, 5.74) is 1.27. The van der Waals surface area contributed by atoms with Crippen molar-refractivity contribution in [2.45, 2.75) is 18.6 Å². The lowest BCUT2D eigenvalue weighted by Crippen LogP contribution is -2.33. The number of halogens is 3. The molecule has 0 saturated carbocycles. The Kier molecular flexibility index (Phi) is 4.46. The van der Waals surface area contributed by atoms with Crippen LogP contribution in [0.5, 0.6) is 0 Å². The maximum absolute atomic E-state index is 12.9. The number of rotatable bonds is 3. The van der Waals surface area contributed by atoms with E-state index in [1.807, 2.05) is 0 Å². The molecule has 1 aliphatic heterocycles. The van der Waals surface area contributed by atoms with Gasteiger partial charge in [-0.05, 0) is 6.42 Å². The van der Waals surface area contributed by atoms with Crippen LogP contribution < -0.4 is 0 Å². The number of aliphatic hydroxyl groups is 1. The van der Waals surface area contributed by atoms with Gasteiger partial charge in [0.1, 0.15) is 6.17 Å². The highest BCUT2D eigenvalue weighted by Gasteiger charge is 2.31. The Hall–Kier alpha value is 0.170. The summed E-state index contributed by atoms with van der Waals surface area (Å²) >= 11 is 11.1. The highest BCUT2D eigenvalue weighted by atomic mass is 35.5. The van der Waals surface area contributed by atoms with Gasteiger partial charge in [-0.25, -0.2) is 4.39 Å². The van der Waals surface area contributed by atoms with Crippen molar-refractivity contribution < 1.29 is 9.50 Å². The van der Waals surface area contributed by atoms with Crippen LogP contribution in [0.3, 0.4) is 0 Å². The average molecular weight is 228 g/mol. The van der Waals surface area contributed by atoms with Gasteiger partial charge in [0.15, 0.2) is 0 Å². The van der Waals surface area contributed by atoms with Crippen LogP contribution in [-0.2, 0) is 0 Å². The molecular formula is C8H12Cl2FNO. The molecule has 1 saturated heterocycles. The maximum atomic E-state index is 12.9. The largest absolute Gasteiger partial charge is 0.395 e. The molecule has 0 aromatic carbocycles. The third-order valence-electron chi connectivity index (χ3n) is 2.16. The standard InChI is InChI=1S/C8H12Cl2FNO/c9-2-6(10)3-12-4-7(11)1-8(12)5-13/h2,7-8,13H,1,3-5H2/b6-2-/t7-,8-/m0/s1. The van der Waals surface area contributed by atoms with Crippen molar-refractivity contribution in [2.75, 3.05) is 19.7 Å². The molecule has 13 heavy (non-hydrogen) atoms. The van der Waals surface area contributed by atoms with Gasteiger partial charge in [0.2, 0.25) is 0 Å². The summed E-state index contributed by atoms with van der Waals surface area (Å²) in [7, 11) is 0. The second-order valence-corrected chi connectivity index (χ2v) is 3.86. The summed E-state index contributed by atoms with van der Waals surface area (Å²) < 4.78 is 12.9. The Morgan fingerprint density at radius 2 is 2.38 bits per heavy atom. The van der Waals surface area contributed by atoms with E-state index >= 15 is 0 Å². The van der Waals surface area contributed by atoms with E-state index < -0.39 is 6.17 Å². The zero-order valence-corrected chi connectivity index (χ0v) is 8.60. The molecule has 0 spiro atoms. The average Bonchev–Trinajstić information content (AvgIpc) is 2.46. The number of hydrogen-bond acceptors (Lipinski definition) is 2. The molecule has 0 aromatic rings. The molecule has 1 aliphatic rings. The molecule has 1 rings (SSSR count). The van der Waals surface area contributed by atoms with Gasteiger partial charge in [0, 0.05) is 29.7 Å². The maximum Gasteiger partial charge on any atom is 0.114 e. The van der Waals surface area contributed by atoms with Crippen molar-refractivity contribution in [2.24, 2.45) is 0 Å². The van der Waals surface area contributed by atoms with Crippen LogP contribution in [-0.4, -0.2) is 41.9 Å². The fraction of sp³-hybridized carbons (Fsp3) is 0.750. The van der Waals surface area contributed by atoms with E-state index in [1.54, 1.807) is 4.90 Å². The topological polar surface area (TPSA) is 23.5 Å². The van der Waals surface area contributed by atoms with Crippen molar-refractivity contribution in [1.82, 2.24) is 4.90 Å². The first kappa shape index (κ1) is 11.2. The molecule has 1 fully saturated rings. The zero-order chi connectivity index (χ0) is 9.84. The minimum Gasteiger partial charge on any atom is -0.395 e. The van der Waals surface area contributed by atoms with Gasteiger partial charge in [-0.1, -0.05) is 23.2 Å².